The van der Waals surface area contributed by atoms with Crippen LogP contribution in [0.2, 0.25) is 0 Å². The molecule has 0 saturated carbocycles. The maximum atomic E-state index is 14.6. The van der Waals surface area contributed by atoms with Crippen molar-refractivity contribution in [3.8, 4) is 0 Å². The van der Waals surface area contributed by atoms with Gasteiger partial charge in [0.25, 0.3) is 0 Å². The van der Waals surface area contributed by atoms with Crippen LogP contribution in [0.4, 0.5) is 4.39 Å². The molecule has 0 bridgehead atoms. The molecule has 0 fully saturated rings. The smallest absolute Gasteiger partial charge is 0.142 e. The van der Waals surface area contributed by atoms with E-state index >= 15 is 0 Å². The van der Waals surface area contributed by atoms with E-state index in [1.165, 1.54) is 11.6 Å². The lowest BCUT2D eigenvalue weighted by atomic mass is 9.90. The molecule has 0 radical (unpaired) electrons. The molecular formula is C22H27FN6. The predicted molar refractivity (Wildman–Crippen MR) is 115 cm³/mol. The largest absolute Gasteiger partial charge is 0.365 e. The van der Waals surface area contributed by atoms with Crippen molar-refractivity contribution in [3.63, 3.8) is 0 Å². The van der Waals surface area contributed by atoms with E-state index in [-0.39, 0.29) is 18.2 Å². The molecule has 0 amide bonds. The topological polar surface area (TPSA) is 108 Å². The van der Waals surface area contributed by atoms with Gasteiger partial charge in [-0.05, 0) is 73.4 Å². The fraction of sp³-hybridized carbons (Fsp3) is 0.318. The number of amidine groups is 1. The summed E-state index contributed by atoms with van der Waals surface area (Å²) in [6.45, 7) is 1.93. The molecule has 29 heavy (non-hydrogen) atoms. The standard InChI is InChI=1S/C22H27FN6/c1-14(25)8-9-28-20-10-15(11-27-13-24)2-3-16-4-5-17-6-7-19(23)18(21(16)17)12-29-22(20)26/h6-11,13,16,25,28H,2-5,12H2,1H3,(H2,24,27)(H2,26,29)/b9-8-,15-11-,20-10+,25-14?. The van der Waals surface area contributed by atoms with Crippen LogP contribution in [-0.2, 0) is 13.0 Å². The van der Waals surface area contributed by atoms with E-state index in [1.807, 2.05) is 12.1 Å². The van der Waals surface area contributed by atoms with Gasteiger partial charge in [0, 0.05) is 30.2 Å². The molecule has 1 heterocycles. The number of nitrogens with one attached hydrogen (secondary N) is 6. The van der Waals surface area contributed by atoms with Crippen molar-refractivity contribution in [1.29, 1.82) is 16.2 Å². The highest BCUT2D eigenvalue weighted by molar-refractivity contribution is 5.96. The number of hydrogen-bond acceptors (Lipinski definition) is 4. The van der Waals surface area contributed by atoms with E-state index in [2.05, 4.69) is 16.0 Å². The Balaban J connectivity index is 1.97. The molecule has 0 saturated heterocycles. The van der Waals surface area contributed by atoms with E-state index in [4.69, 9.17) is 16.2 Å². The molecule has 6 nitrogen and oxygen atoms in total. The lowest BCUT2D eigenvalue weighted by molar-refractivity contribution is 0.582. The minimum atomic E-state index is -0.228. The summed E-state index contributed by atoms with van der Waals surface area (Å²) in [7, 11) is 0. The van der Waals surface area contributed by atoms with Crippen LogP contribution in [0.15, 0.2) is 48.0 Å². The maximum absolute atomic E-state index is 14.6. The Hall–Kier alpha value is -3.22. The Morgan fingerprint density at radius 1 is 1.28 bits per heavy atom. The lowest BCUT2D eigenvalue weighted by Crippen LogP contribution is -2.30. The number of rotatable bonds is 5. The fourth-order valence-corrected chi connectivity index (χ4v) is 3.93. The Morgan fingerprint density at radius 3 is 2.83 bits per heavy atom. The van der Waals surface area contributed by atoms with Gasteiger partial charge in [-0.2, -0.15) is 0 Å². The summed E-state index contributed by atoms with van der Waals surface area (Å²) in [5.41, 5.74) is 4.82. The van der Waals surface area contributed by atoms with Crippen molar-refractivity contribution < 1.29 is 4.39 Å². The van der Waals surface area contributed by atoms with Crippen LogP contribution in [0.25, 0.3) is 0 Å². The molecular weight excluding hydrogens is 367 g/mol. The van der Waals surface area contributed by atoms with Crippen molar-refractivity contribution in [2.45, 2.75) is 45.1 Å². The second-order valence-electron chi connectivity index (χ2n) is 7.35. The van der Waals surface area contributed by atoms with Gasteiger partial charge in [0.1, 0.15) is 11.7 Å². The van der Waals surface area contributed by atoms with Crippen molar-refractivity contribution in [2.24, 2.45) is 0 Å². The first-order chi connectivity index (χ1) is 14.0. The van der Waals surface area contributed by atoms with Gasteiger partial charge in [-0.15, -0.1) is 0 Å². The zero-order valence-corrected chi connectivity index (χ0v) is 16.5. The number of halogens is 1. The third kappa shape index (κ3) is 4.99. The average Bonchev–Trinajstić information content (AvgIpc) is 3.09. The second kappa shape index (κ2) is 9.32. The molecule has 7 heteroatoms. The van der Waals surface area contributed by atoms with Crippen LogP contribution in [0.5, 0.6) is 0 Å². The monoisotopic (exact) mass is 394 g/mol. The number of allylic oxidation sites excluding steroid dienone is 3. The van der Waals surface area contributed by atoms with Gasteiger partial charge in [-0.1, -0.05) is 6.07 Å². The fourth-order valence-electron chi connectivity index (χ4n) is 3.93. The van der Waals surface area contributed by atoms with Crippen LogP contribution in [0, 0.1) is 22.0 Å². The van der Waals surface area contributed by atoms with E-state index in [0.29, 0.717) is 22.9 Å². The van der Waals surface area contributed by atoms with Crippen LogP contribution >= 0.6 is 0 Å². The number of hydrogen-bond donors (Lipinski definition) is 6. The first kappa shape index (κ1) is 20.5. The zero-order chi connectivity index (χ0) is 20.8. The maximum Gasteiger partial charge on any atom is 0.142 e. The summed E-state index contributed by atoms with van der Waals surface area (Å²) in [6, 6.07) is 3.42. The minimum Gasteiger partial charge on any atom is -0.365 e. The number of benzene rings is 1. The minimum absolute atomic E-state index is 0.145. The Bertz CT molecular complexity index is 912. The molecule has 152 valence electrons. The third-order valence-corrected chi connectivity index (χ3v) is 5.31. The molecule has 1 aromatic carbocycles. The van der Waals surface area contributed by atoms with Crippen LogP contribution in [-0.4, -0.2) is 17.9 Å². The lowest BCUT2D eigenvalue weighted by Gasteiger charge is -2.17. The summed E-state index contributed by atoms with van der Waals surface area (Å²) in [5.74, 6) is 0.208. The summed E-state index contributed by atoms with van der Waals surface area (Å²) < 4.78 is 14.6. The van der Waals surface area contributed by atoms with Crippen molar-refractivity contribution in [1.82, 2.24) is 16.0 Å². The summed E-state index contributed by atoms with van der Waals surface area (Å²) in [4.78, 5) is 0. The van der Waals surface area contributed by atoms with Crippen LogP contribution in [0.1, 0.15) is 48.8 Å². The Labute approximate surface area is 170 Å². The highest BCUT2D eigenvalue weighted by Crippen LogP contribution is 2.40. The zero-order valence-electron chi connectivity index (χ0n) is 16.5. The van der Waals surface area contributed by atoms with Crippen molar-refractivity contribution >= 4 is 17.9 Å². The highest BCUT2D eigenvalue weighted by atomic mass is 19.1. The van der Waals surface area contributed by atoms with Crippen LogP contribution < -0.4 is 16.0 Å². The summed E-state index contributed by atoms with van der Waals surface area (Å²) >= 11 is 0. The van der Waals surface area contributed by atoms with Gasteiger partial charge in [0.05, 0.1) is 12.0 Å². The van der Waals surface area contributed by atoms with Gasteiger partial charge >= 0.3 is 0 Å². The second-order valence-corrected chi connectivity index (χ2v) is 7.35. The SMILES string of the molecule is CC(=N)/C=C\N/C1=C/C(=C\NC=N)CCC2CCc3ccc(F)c(c32)CNC1=N. The molecule has 1 aliphatic heterocycles. The molecule has 1 aliphatic carbocycles. The van der Waals surface area contributed by atoms with Gasteiger partial charge < -0.3 is 21.4 Å². The molecule has 1 unspecified atom stereocenters. The summed E-state index contributed by atoms with van der Waals surface area (Å²) in [5, 5.41) is 32.1. The normalized spacial score (nSPS) is 22.3. The molecule has 0 aromatic heterocycles. The quantitative estimate of drug-likeness (QED) is 0.338. The molecule has 2 aliphatic rings. The Kier molecular flexibility index (Phi) is 6.59. The van der Waals surface area contributed by atoms with Crippen molar-refractivity contribution in [2.75, 3.05) is 0 Å². The highest BCUT2D eigenvalue weighted by Gasteiger charge is 2.27. The van der Waals surface area contributed by atoms with Gasteiger partial charge in [-0.25, -0.2) is 4.39 Å². The third-order valence-electron chi connectivity index (χ3n) is 5.31. The molecule has 0 spiro atoms. The molecule has 3 rings (SSSR count). The first-order valence-electron chi connectivity index (χ1n) is 9.76. The van der Waals surface area contributed by atoms with E-state index < -0.39 is 0 Å². The average molecular weight is 394 g/mol. The number of aryl methyl sites for hydroxylation is 1. The van der Waals surface area contributed by atoms with E-state index in [0.717, 1.165) is 43.2 Å². The van der Waals surface area contributed by atoms with Gasteiger partial charge in [0.2, 0.25) is 0 Å². The first-order valence-corrected chi connectivity index (χ1v) is 9.76. The van der Waals surface area contributed by atoms with E-state index in [9.17, 15) is 4.39 Å². The van der Waals surface area contributed by atoms with Crippen molar-refractivity contribution in [3.05, 3.63) is 70.5 Å². The van der Waals surface area contributed by atoms with E-state index in [1.54, 1.807) is 25.4 Å². The molecule has 1 atom stereocenters. The van der Waals surface area contributed by atoms with Gasteiger partial charge in [0.15, 0.2) is 0 Å². The predicted octanol–water partition coefficient (Wildman–Crippen LogP) is 3.82. The van der Waals surface area contributed by atoms with Gasteiger partial charge in [-0.3, -0.25) is 10.8 Å². The summed E-state index contributed by atoms with van der Waals surface area (Å²) in [6.07, 6.45) is 11.5. The van der Waals surface area contributed by atoms with Crippen LogP contribution in [0.3, 0.4) is 0 Å². The Morgan fingerprint density at radius 2 is 2.07 bits per heavy atom. The molecule has 6 N–H and O–H groups in total. The molecule has 1 aromatic rings.